The lowest BCUT2D eigenvalue weighted by Gasteiger charge is -2.23. The van der Waals surface area contributed by atoms with Gasteiger partial charge in [-0.05, 0) is 67.8 Å². The van der Waals surface area contributed by atoms with Crippen LogP contribution in [0.15, 0.2) is 48.7 Å². The number of aliphatic hydroxyl groups excluding tert-OH is 1. The molecule has 0 saturated heterocycles. The minimum absolute atomic E-state index is 0.0269. The summed E-state index contributed by atoms with van der Waals surface area (Å²) in [6, 6.07) is 13.7. The molecule has 5 N–H and O–H groups in total. The zero-order valence-corrected chi connectivity index (χ0v) is 19.2. The molecular formula is C26H35N5O2. The van der Waals surface area contributed by atoms with Gasteiger partial charge in [-0.1, -0.05) is 30.7 Å². The maximum Gasteiger partial charge on any atom is 0.267 e. The molecule has 2 heterocycles. The number of aromatic amines is 1. The number of rotatable bonds is 11. The predicted molar refractivity (Wildman–Crippen MR) is 132 cm³/mol. The number of carbonyl (C=O) groups excluding carboxylic acids is 1. The van der Waals surface area contributed by atoms with Crippen molar-refractivity contribution in [2.45, 2.75) is 32.1 Å². The number of carbonyl (C=O) groups is 1. The number of H-pyrrole nitrogens is 1. The molecule has 0 radical (unpaired) electrons. The number of nitrogens with zero attached hydrogens (tertiary/aromatic N) is 2. The van der Waals surface area contributed by atoms with Crippen LogP contribution in [0.1, 0.15) is 41.7 Å². The van der Waals surface area contributed by atoms with Crippen LogP contribution in [0.3, 0.4) is 0 Å². The van der Waals surface area contributed by atoms with Crippen molar-refractivity contribution in [3.63, 3.8) is 0 Å². The van der Waals surface area contributed by atoms with E-state index in [0.717, 1.165) is 56.2 Å². The number of nitrogen functional groups attached to an aromatic ring is 1. The first-order chi connectivity index (χ1) is 16.1. The van der Waals surface area contributed by atoms with E-state index < -0.39 is 0 Å². The van der Waals surface area contributed by atoms with Gasteiger partial charge in [-0.2, -0.15) is 0 Å². The molecule has 1 unspecified atom stereocenters. The fraction of sp³-hybridized carbons (Fsp3) is 0.462. The second-order valence-electron chi connectivity index (χ2n) is 9.22. The van der Waals surface area contributed by atoms with Crippen LogP contribution in [0.25, 0.3) is 10.9 Å². The summed E-state index contributed by atoms with van der Waals surface area (Å²) in [4.78, 5) is 22.3. The summed E-state index contributed by atoms with van der Waals surface area (Å²) in [5.74, 6) is 1.73. The average Bonchev–Trinajstić information content (AvgIpc) is 3.47. The molecule has 4 rings (SSSR count). The number of benzene rings is 1. The Morgan fingerprint density at radius 3 is 2.79 bits per heavy atom. The SMILES string of the molecule is Nc1ccc(CCN(CCO)CCC2CC[C@H](CNC(=O)c3cc4ccccc4[nH]3)C2)cn1. The van der Waals surface area contributed by atoms with Crippen LogP contribution in [0.4, 0.5) is 5.82 Å². The summed E-state index contributed by atoms with van der Waals surface area (Å²) in [7, 11) is 0. The van der Waals surface area contributed by atoms with E-state index in [9.17, 15) is 9.90 Å². The summed E-state index contributed by atoms with van der Waals surface area (Å²) in [6.07, 6.45) is 7.39. The van der Waals surface area contributed by atoms with Crippen LogP contribution in [-0.2, 0) is 6.42 Å². The molecule has 176 valence electrons. The maximum absolute atomic E-state index is 12.6. The summed E-state index contributed by atoms with van der Waals surface area (Å²) < 4.78 is 0. The number of hydrogen-bond acceptors (Lipinski definition) is 5. The third-order valence-electron chi connectivity index (χ3n) is 6.81. The summed E-state index contributed by atoms with van der Waals surface area (Å²) in [6.45, 7) is 3.49. The smallest absolute Gasteiger partial charge is 0.267 e. The highest BCUT2D eigenvalue weighted by Crippen LogP contribution is 2.33. The van der Waals surface area contributed by atoms with Gasteiger partial charge in [0.2, 0.25) is 0 Å². The Balaban J connectivity index is 1.18. The molecule has 1 aliphatic carbocycles. The number of fused-ring (bicyclic) bond motifs is 1. The first-order valence-electron chi connectivity index (χ1n) is 12.0. The zero-order valence-electron chi connectivity index (χ0n) is 19.2. The molecule has 1 amide bonds. The summed E-state index contributed by atoms with van der Waals surface area (Å²) in [5.41, 5.74) is 8.44. The molecule has 1 aromatic carbocycles. The topological polar surface area (TPSA) is 107 Å². The van der Waals surface area contributed by atoms with Crippen LogP contribution in [0.2, 0.25) is 0 Å². The highest BCUT2D eigenvalue weighted by molar-refractivity contribution is 5.97. The van der Waals surface area contributed by atoms with Crippen molar-refractivity contribution < 1.29 is 9.90 Å². The molecule has 33 heavy (non-hydrogen) atoms. The molecule has 2 atom stereocenters. The first kappa shape index (κ1) is 23.3. The number of pyridine rings is 1. The van der Waals surface area contributed by atoms with Crippen molar-refractivity contribution in [3.8, 4) is 0 Å². The van der Waals surface area contributed by atoms with Crippen LogP contribution < -0.4 is 11.1 Å². The van der Waals surface area contributed by atoms with Gasteiger partial charge >= 0.3 is 0 Å². The van der Waals surface area contributed by atoms with E-state index in [2.05, 4.69) is 20.2 Å². The van der Waals surface area contributed by atoms with Gasteiger partial charge in [-0.15, -0.1) is 0 Å². The van der Waals surface area contributed by atoms with E-state index in [1.807, 2.05) is 48.7 Å². The van der Waals surface area contributed by atoms with Gasteiger partial charge in [0.15, 0.2) is 0 Å². The Labute approximate surface area is 195 Å². The first-order valence-corrected chi connectivity index (χ1v) is 12.0. The number of nitrogens with two attached hydrogens (primary N) is 1. The van der Waals surface area contributed by atoms with Gasteiger partial charge in [0.1, 0.15) is 11.5 Å². The van der Waals surface area contributed by atoms with Gasteiger partial charge in [0.05, 0.1) is 6.61 Å². The number of hydrogen-bond donors (Lipinski definition) is 4. The second-order valence-corrected chi connectivity index (χ2v) is 9.22. The standard InChI is InChI=1S/C26H35N5O2/c27-25-8-7-20(17-28-25)10-12-31(13-14-32)11-9-19-5-6-21(15-19)18-29-26(33)24-16-22-3-1-2-4-23(22)30-24/h1-4,7-8,16-17,19,21,30,32H,5-6,9-15,18H2,(H2,27,28)(H,29,33)/t19?,21-/m0/s1. The van der Waals surface area contributed by atoms with Crippen LogP contribution in [0, 0.1) is 11.8 Å². The molecule has 0 spiro atoms. The molecule has 0 aliphatic heterocycles. The van der Waals surface area contributed by atoms with Crippen molar-refractivity contribution in [1.82, 2.24) is 20.2 Å². The van der Waals surface area contributed by atoms with Crippen molar-refractivity contribution in [2.24, 2.45) is 11.8 Å². The van der Waals surface area contributed by atoms with Crippen LogP contribution in [0.5, 0.6) is 0 Å². The number of aromatic nitrogens is 2. The lowest BCUT2D eigenvalue weighted by Crippen LogP contribution is -2.31. The summed E-state index contributed by atoms with van der Waals surface area (Å²) in [5, 5.41) is 13.6. The number of para-hydroxylation sites is 1. The zero-order chi connectivity index (χ0) is 23.0. The van der Waals surface area contributed by atoms with E-state index >= 15 is 0 Å². The maximum atomic E-state index is 12.6. The summed E-state index contributed by atoms with van der Waals surface area (Å²) >= 11 is 0. The van der Waals surface area contributed by atoms with E-state index in [0.29, 0.717) is 29.9 Å². The van der Waals surface area contributed by atoms with Gasteiger partial charge in [0.25, 0.3) is 5.91 Å². The molecule has 0 bridgehead atoms. The molecule has 2 aromatic heterocycles. The third kappa shape index (κ3) is 6.55. The fourth-order valence-corrected chi connectivity index (χ4v) is 4.87. The average molecular weight is 450 g/mol. The Morgan fingerprint density at radius 2 is 2.00 bits per heavy atom. The minimum Gasteiger partial charge on any atom is -0.395 e. The van der Waals surface area contributed by atoms with Crippen molar-refractivity contribution in [2.75, 3.05) is 38.5 Å². The van der Waals surface area contributed by atoms with Crippen molar-refractivity contribution in [3.05, 3.63) is 59.9 Å². The Morgan fingerprint density at radius 1 is 1.15 bits per heavy atom. The van der Waals surface area contributed by atoms with Gasteiger partial charge in [0, 0.05) is 36.7 Å². The lowest BCUT2D eigenvalue weighted by molar-refractivity contribution is 0.0943. The quantitative estimate of drug-likeness (QED) is 0.360. The molecule has 1 aliphatic rings. The Kier molecular flexibility index (Phi) is 7.96. The molecule has 1 fully saturated rings. The number of nitrogens with one attached hydrogen (secondary N) is 2. The van der Waals surface area contributed by atoms with E-state index in [1.165, 1.54) is 12.0 Å². The second kappa shape index (κ2) is 11.3. The van der Waals surface area contributed by atoms with E-state index in [4.69, 9.17) is 5.73 Å². The van der Waals surface area contributed by atoms with Gasteiger partial charge in [-0.25, -0.2) is 4.98 Å². The van der Waals surface area contributed by atoms with Gasteiger partial charge in [-0.3, -0.25) is 4.79 Å². The van der Waals surface area contributed by atoms with E-state index in [1.54, 1.807) is 0 Å². The van der Waals surface area contributed by atoms with Gasteiger partial charge < -0.3 is 26.0 Å². The molecule has 1 saturated carbocycles. The number of amides is 1. The third-order valence-corrected chi connectivity index (χ3v) is 6.81. The van der Waals surface area contributed by atoms with Crippen LogP contribution in [-0.4, -0.2) is 58.7 Å². The monoisotopic (exact) mass is 449 g/mol. The number of aliphatic hydroxyl groups is 1. The molecular weight excluding hydrogens is 414 g/mol. The highest BCUT2D eigenvalue weighted by atomic mass is 16.3. The molecule has 3 aromatic rings. The highest BCUT2D eigenvalue weighted by Gasteiger charge is 2.25. The van der Waals surface area contributed by atoms with Crippen molar-refractivity contribution in [1.29, 1.82) is 0 Å². The minimum atomic E-state index is -0.0269. The molecule has 7 nitrogen and oxygen atoms in total. The molecule has 7 heteroatoms. The number of anilines is 1. The van der Waals surface area contributed by atoms with Crippen LogP contribution >= 0.6 is 0 Å². The van der Waals surface area contributed by atoms with Crippen molar-refractivity contribution >= 4 is 22.6 Å². The van der Waals surface area contributed by atoms with E-state index in [-0.39, 0.29) is 12.5 Å². The Bertz CT molecular complexity index is 1000. The Hall–Kier alpha value is -2.90. The predicted octanol–water partition coefficient (Wildman–Crippen LogP) is 3.22. The largest absolute Gasteiger partial charge is 0.395 e. The normalized spacial score (nSPS) is 18.2. The lowest BCUT2D eigenvalue weighted by atomic mass is 10.0. The fourth-order valence-electron chi connectivity index (χ4n) is 4.87.